The molecule has 3 nitrogen and oxygen atoms in total. The molecule has 0 amide bonds. The van der Waals surface area contributed by atoms with E-state index in [0.29, 0.717) is 5.75 Å². The van der Waals surface area contributed by atoms with E-state index in [1.807, 2.05) is 19.1 Å². The molecule has 2 aromatic rings. The lowest BCUT2D eigenvalue weighted by atomic mass is 10.2. The monoisotopic (exact) mass is 282 g/mol. The van der Waals surface area contributed by atoms with Gasteiger partial charge in [0.1, 0.15) is 12.1 Å². The van der Waals surface area contributed by atoms with Crippen molar-refractivity contribution in [2.24, 2.45) is 0 Å². The summed E-state index contributed by atoms with van der Waals surface area (Å²) in [5, 5.41) is 0. The molecule has 0 spiro atoms. The molecule has 0 N–H and O–H groups in total. The predicted molar refractivity (Wildman–Crippen MR) is 60.9 cm³/mol. The van der Waals surface area contributed by atoms with Crippen LogP contribution in [0.5, 0.6) is 11.6 Å². The minimum absolute atomic E-state index is 0.189. The Labute approximate surface area is 100 Å². The van der Waals surface area contributed by atoms with Gasteiger partial charge in [-0.15, -0.1) is 0 Å². The zero-order chi connectivity index (χ0) is 11.5. The van der Waals surface area contributed by atoms with Gasteiger partial charge in [-0.2, -0.15) is 4.39 Å². The molecule has 0 atom stereocenters. The van der Waals surface area contributed by atoms with Crippen molar-refractivity contribution in [3.05, 3.63) is 46.6 Å². The maximum Gasteiger partial charge on any atom is 0.225 e. The number of hydrogen-bond acceptors (Lipinski definition) is 3. The first-order valence-electron chi connectivity index (χ1n) is 4.57. The minimum atomic E-state index is -0.613. The second-order valence-electron chi connectivity index (χ2n) is 3.19. The molecule has 82 valence electrons. The van der Waals surface area contributed by atoms with Crippen molar-refractivity contribution in [2.75, 3.05) is 0 Å². The van der Waals surface area contributed by atoms with Crippen LogP contribution in [0, 0.1) is 12.9 Å². The second-order valence-corrected chi connectivity index (χ2v) is 4.11. The Kier molecular flexibility index (Phi) is 3.14. The first-order chi connectivity index (χ1) is 7.65. The number of halogens is 2. The maximum atomic E-state index is 12.8. The Morgan fingerprint density at radius 1 is 1.25 bits per heavy atom. The van der Waals surface area contributed by atoms with Gasteiger partial charge in [-0.25, -0.2) is 9.97 Å². The molecule has 1 aromatic heterocycles. The van der Waals surface area contributed by atoms with Crippen molar-refractivity contribution in [1.29, 1.82) is 0 Å². The standard InChI is InChI=1S/C11H8BrFN2O/c1-7-2-3-8(12)4-9(7)16-11-5-10(13)14-6-15-11/h2-6H,1H3. The lowest BCUT2D eigenvalue weighted by Crippen LogP contribution is -1.92. The topological polar surface area (TPSA) is 35.0 Å². The molecule has 0 saturated carbocycles. The molecule has 5 heteroatoms. The Bertz CT molecular complexity index is 519. The summed E-state index contributed by atoms with van der Waals surface area (Å²) in [6.07, 6.45) is 1.12. The fourth-order valence-corrected chi connectivity index (χ4v) is 1.51. The zero-order valence-electron chi connectivity index (χ0n) is 8.45. The van der Waals surface area contributed by atoms with E-state index in [2.05, 4.69) is 25.9 Å². The Hall–Kier alpha value is -1.49. The summed E-state index contributed by atoms with van der Waals surface area (Å²) < 4.78 is 19.2. The number of aryl methyl sites for hydroxylation is 1. The van der Waals surface area contributed by atoms with Crippen LogP contribution in [0.2, 0.25) is 0 Å². The smallest absolute Gasteiger partial charge is 0.225 e. The van der Waals surface area contributed by atoms with Crippen LogP contribution in [-0.4, -0.2) is 9.97 Å². The fourth-order valence-electron chi connectivity index (χ4n) is 1.17. The van der Waals surface area contributed by atoms with Gasteiger partial charge in [0.05, 0.1) is 6.07 Å². The van der Waals surface area contributed by atoms with Crippen LogP contribution in [0.4, 0.5) is 4.39 Å². The van der Waals surface area contributed by atoms with Gasteiger partial charge >= 0.3 is 0 Å². The minimum Gasteiger partial charge on any atom is -0.438 e. The van der Waals surface area contributed by atoms with E-state index in [9.17, 15) is 4.39 Å². The van der Waals surface area contributed by atoms with Crippen LogP contribution < -0.4 is 4.74 Å². The molecule has 2 rings (SSSR count). The molecule has 1 heterocycles. The largest absolute Gasteiger partial charge is 0.438 e. The van der Waals surface area contributed by atoms with Crippen LogP contribution in [-0.2, 0) is 0 Å². The van der Waals surface area contributed by atoms with Crippen LogP contribution in [0.15, 0.2) is 35.1 Å². The molecule has 0 fully saturated rings. The third-order valence-corrected chi connectivity index (χ3v) is 2.47. The van der Waals surface area contributed by atoms with Crippen molar-refractivity contribution < 1.29 is 9.13 Å². The molecule has 0 unspecified atom stereocenters. The van der Waals surface area contributed by atoms with Gasteiger partial charge in [0.15, 0.2) is 0 Å². The van der Waals surface area contributed by atoms with Gasteiger partial charge in [-0.05, 0) is 24.6 Å². The number of nitrogens with zero attached hydrogens (tertiary/aromatic N) is 2. The molecule has 0 aliphatic rings. The fraction of sp³-hybridized carbons (Fsp3) is 0.0909. The summed E-state index contributed by atoms with van der Waals surface area (Å²) in [4.78, 5) is 7.17. The molecule has 0 aliphatic carbocycles. The number of hydrogen-bond donors (Lipinski definition) is 0. The van der Waals surface area contributed by atoms with Crippen LogP contribution in [0.25, 0.3) is 0 Å². The van der Waals surface area contributed by atoms with E-state index in [1.54, 1.807) is 6.07 Å². The highest BCUT2D eigenvalue weighted by Crippen LogP contribution is 2.26. The van der Waals surface area contributed by atoms with Gasteiger partial charge in [0, 0.05) is 4.47 Å². The summed E-state index contributed by atoms with van der Waals surface area (Å²) >= 11 is 3.34. The molecule has 0 bridgehead atoms. The summed E-state index contributed by atoms with van der Waals surface area (Å²) in [6.45, 7) is 1.90. The van der Waals surface area contributed by atoms with Crippen LogP contribution >= 0.6 is 15.9 Å². The van der Waals surface area contributed by atoms with Crippen molar-refractivity contribution in [3.63, 3.8) is 0 Å². The van der Waals surface area contributed by atoms with E-state index in [1.165, 1.54) is 0 Å². The highest BCUT2D eigenvalue weighted by Gasteiger charge is 2.04. The van der Waals surface area contributed by atoms with E-state index < -0.39 is 5.95 Å². The number of ether oxygens (including phenoxy) is 1. The quantitative estimate of drug-likeness (QED) is 0.791. The lowest BCUT2D eigenvalue weighted by molar-refractivity contribution is 0.447. The van der Waals surface area contributed by atoms with E-state index in [0.717, 1.165) is 22.4 Å². The van der Waals surface area contributed by atoms with Crippen molar-refractivity contribution in [2.45, 2.75) is 6.92 Å². The van der Waals surface area contributed by atoms with E-state index >= 15 is 0 Å². The number of benzene rings is 1. The summed E-state index contributed by atoms with van der Waals surface area (Å²) in [5.41, 5.74) is 0.947. The predicted octanol–water partition coefficient (Wildman–Crippen LogP) is 3.48. The Balaban J connectivity index is 2.30. The molecular weight excluding hydrogens is 275 g/mol. The van der Waals surface area contributed by atoms with Crippen LogP contribution in [0.1, 0.15) is 5.56 Å². The Morgan fingerprint density at radius 3 is 2.81 bits per heavy atom. The van der Waals surface area contributed by atoms with Crippen molar-refractivity contribution in [3.8, 4) is 11.6 Å². The van der Waals surface area contributed by atoms with Gasteiger partial charge in [0.2, 0.25) is 11.8 Å². The number of aromatic nitrogens is 2. The molecule has 16 heavy (non-hydrogen) atoms. The molecule has 1 aromatic carbocycles. The highest BCUT2D eigenvalue weighted by atomic mass is 79.9. The van der Waals surface area contributed by atoms with Crippen molar-refractivity contribution in [1.82, 2.24) is 9.97 Å². The average molecular weight is 283 g/mol. The maximum absolute atomic E-state index is 12.8. The molecule has 0 saturated heterocycles. The number of rotatable bonds is 2. The van der Waals surface area contributed by atoms with E-state index in [-0.39, 0.29) is 5.88 Å². The molecular formula is C11H8BrFN2O. The van der Waals surface area contributed by atoms with Crippen LogP contribution in [0.3, 0.4) is 0 Å². The molecule has 0 radical (unpaired) electrons. The first-order valence-corrected chi connectivity index (χ1v) is 5.36. The SMILES string of the molecule is Cc1ccc(Br)cc1Oc1cc(F)ncn1. The van der Waals surface area contributed by atoms with E-state index in [4.69, 9.17) is 4.74 Å². The van der Waals surface area contributed by atoms with Crippen molar-refractivity contribution >= 4 is 15.9 Å². The summed E-state index contributed by atoms with van der Waals surface area (Å²) in [6, 6.07) is 6.75. The van der Waals surface area contributed by atoms with Gasteiger partial charge in [-0.3, -0.25) is 0 Å². The first kappa shape index (κ1) is 11.0. The normalized spacial score (nSPS) is 10.2. The van der Waals surface area contributed by atoms with Gasteiger partial charge in [-0.1, -0.05) is 22.0 Å². The second kappa shape index (κ2) is 4.57. The summed E-state index contributed by atoms with van der Waals surface area (Å²) in [7, 11) is 0. The molecule has 0 aliphatic heterocycles. The van der Waals surface area contributed by atoms with Gasteiger partial charge in [0.25, 0.3) is 0 Å². The third kappa shape index (κ3) is 2.55. The van der Waals surface area contributed by atoms with Gasteiger partial charge < -0.3 is 4.74 Å². The third-order valence-electron chi connectivity index (χ3n) is 1.97. The average Bonchev–Trinajstić information content (AvgIpc) is 2.24. The Morgan fingerprint density at radius 2 is 2.06 bits per heavy atom. The zero-order valence-corrected chi connectivity index (χ0v) is 10.0. The highest BCUT2D eigenvalue weighted by molar-refractivity contribution is 9.10. The summed E-state index contributed by atoms with van der Waals surface area (Å²) in [5.74, 6) is 0.207. The lowest BCUT2D eigenvalue weighted by Gasteiger charge is -2.07.